The number of halogens is 1. The van der Waals surface area contributed by atoms with Crippen molar-refractivity contribution in [3.05, 3.63) is 76.6 Å². The normalized spacial score (nSPS) is 13.0. The average Bonchev–Trinajstić information content (AvgIpc) is 3.55. The molecule has 1 amide bonds. The van der Waals surface area contributed by atoms with Gasteiger partial charge in [-0.3, -0.25) is 9.36 Å². The van der Waals surface area contributed by atoms with Crippen LogP contribution in [0.25, 0.3) is 10.9 Å². The van der Waals surface area contributed by atoms with Gasteiger partial charge in [0.2, 0.25) is 0 Å². The topological polar surface area (TPSA) is 166 Å². The maximum Gasteiger partial charge on any atom is 0.410 e. The smallest absolute Gasteiger partial charge is 0.410 e. The van der Waals surface area contributed by atoms with Crippen molar-refractivity contribution in [2.45, 2.75) is 58.7 Å². The number of rotatable bonds is 6. The van der Waals surface area contributed by atoms with Crippen molar-refractivity contribution >= 4 is 40.9 Å². The highest BCUT2D eigenvalue weighted by Gasteiger charge is 2.28. The summed E-state index contributed by atoms with van der Waals surface area (Å²) in [6, 6.07) is 8.59. The molecule has 15 heteroatoms. The molecule has 47 heavy (non-hydrogen) atoms. The third kappa shape index (κ3) is 9.76. The van der Waals surface area contributed by atoms with Crippen molar-refractivity contribution in [2.24, 2.45) is 0 Å². The van der Waals surface area contributed by atoms with Crippen LogP contribution in [-0.2, 0) is 23.8 Å². The molecule has 4 N–H and O–H groups in total. The number of nitrogens with one attached hydrogen (secondary N) is 2. The number of methoxy groups -OCH3 is 1. The number of H-pyrrole nitrogens is 1. The van der Waals surface area contributed by atoms with Gasteiger partial charge in [-0.15, -0.1) is 0 Å². The summed E-state index contributed by atoms with van der Waals surface area (Å²) in [7, 11) is 5.18. The van der Waals surface area contributed by atoms with Crippen molar-refractivity contribution in [3.63, 3.8) is 0 Å². The molecule has 1 fully saturated rings. The lowest BCUT2D eigenvalue weighted by atomic mass is 10.0. The predicted molar refractivity (Wildman–Crippen MR) is 181 cm³/mol. The van der Waals surface area contributed by atoms with Gasteiger partial charge >= 0.3 is 6.09 Å². The Morgan fingerprint density at radius 2 is 1.81 bits per heavy atom. The zero-order valence-electron chi connectivity index (χ0n) is 27.8. The van der Waals surface area contributed by atoms with Crippen LogP contribution in [0.5, 0.6) is 5.75 Å². The molecule has 1 aliphatic heterocycles. The lowest BCUT2D eigenvalue weighted by Gasteiger charge is -2.34. The summed E-state index contributed by atoms with van der Waals surface area (Å²) < 4.78 is 35.8. The largest absolute Gasteiger partial charge is 0.494 e. The number of aryl methyl sites for hydroxylation is 1. The number of anilines is 2. The van der Waals surface area contributed by atoms with Gasteiger partial charge in [0.05, 0.1) is 36.6 Å². The molecule has 0 aliphatic carbocycles. The number of nitrogens with zero attached hydrogens (tertiary/aromatic N) is 5. The third-order valence-electron chi connectivity index (χ3n) is 7.13. The lowest BCUT2D eigenvalue weighted by molar-refractivity contribution is 0.0187. The molecule has 2 aromatic carbocycles. The Labute approximate surface area is 278 Å². The molecule has 0 atom stereocenters. The number of benzene rings is 2. The van der Waals surface area contributed by atoms with Gasteiger partial charge in [0.15, 0.2) is 24.1 Å². The number of ether oxygens (including phenoxy) is 2. The summed E-state index contributed by atoms with van der Waals surface area (Å²) in [6.07, 6.45) is 5.77. The second-order valence-electron chi connectivity index (χ2n) is 11.8. The van der Waals surface area contributed by atoms with Gasteiger partial charge in [0.25, 0.3) is 5.56 Å². The number of imidazole rings is 1. The van der Waals surface area contributed by atoms with E-state index in [2.05, 4.69) is 32.8 Å². The van der Waals surface area contributed by atoms with Crippen molar-refractivity contribution < 1.29 is 28.3 Å². The zero-order chi connectivity index (χ0) is 34.0. The first-order valence-corrected chi connectivity index (χ1v) is 15.1. The number of amides is 1. The maximum atomic E-state index is 15.6. The fourth-order valence-corrected chi connectivity index (χ4v) is 5.12. The quantitative estimate of drug-likeness (QED) is 0.304. The van der Waals surface area contributed by atoms with E-state index in [1.54, 1.807) is 57.4 Å². The maximum absolute atomic E-state index is 15.6. The van der Waals surface area contributed by atoms with Gasteiger partial charge in [-0.1, -0.05) is 0 Å². The molecule has 4 aromatic rings. The van der Waals surface area contributed by atoms with Crippen molar-refractivity contribution in [2.75, 3.05) is 39.2 Å². The minimum absolute atomic E-state index is 0. The highest BCUT2D eigenvalue weighted by molar-refractivity contribution is 7.44. The van der Waals surface area contributed by atoms with Crippen LogP contribution in [0.15, 0.2) is 53.8 Å². The van der Waals surface area contributed by atoms with E-state index in [0.29, 0.717) is 54.0 Å². The van der Waals surface area contributed by atoms with Gasteiger partial charge in [0.1, 0.15) is 11.4 Å². The Morgan fingerprint density at radius 1 is 1.15 bits per heavy atom. The second-order valence-corrected chi connectivity index (χ2v) is 11.8. The minimum atomic E-state index is -0.567. The van der Waals surface area contributed by atoms with Gasteiger partial charge in [-0.25, -0.2) is 19.2 Å². The number of fused-ring (bicyclic) bond motifs is 1. The fourth-order valence-electron chi connectivity index (χ4n) is 5.12. The van der Waals surface area contributed by atoms with E-state index in [1.165, 1.54) is 7.11 Å². The predicted octanol–water partition coefficient (Wildman–Crippen LogP) is 4.16. The van der Waals surface area contributed by atoms with Crippen LogP contribution >= 0.6 is 0 Å². The molecular formula is C32H44FN7O6S. The van der Waals surface area contributed by atoms with Gasteiger partial charge in [0, 0.05) is 37.2 Å². The number of carbonyl (C=O) groups excluding carboxylic acids is 1. The molecule has 0 spiro atoms. The van der Waals surface area contributed by atoms with E-state index in [1.807, 2.05) is 47.9 Å². The molecule has 13 nitrogen and oxygen atoms in total. The molecule has 1 saturated heterocycles. The number of hydrogen-bond donors (Lipinski definition) is 2. The first-order chi connectivity index (χ1) is 21.9. The standard InChI is InChI=1S/C30H35FN6O4.C2H7N.OS.H2O/c1-19-14-24(27(31)25(15-19)40-5)36(17-26-32-10-11-33-26)21-6-7-23-22(16-21)28(38)37(18-34-23)20-8-12-35(13-9-20)29(39)41-30(2,3)4;1-3-2;1-2;/h6-7,10-11,14-16,18,20H,8-9,12-13,17H2,1-5H3,(H,32,33);3H,1-2H3;;1H2. The summed E-state index contributed by atoms with van der Waals surface area (Å²) in [4.78, 5) is 41.7. The lowest BCUT2D eigenvalue weighted by Crippen LogP contribution is -2.43. The monoisotopic (exact) mass is 673 g/mol. The summed E-state index contributed by atoms with van der Waals surface area (Å²) in [5, 5.41) is 3.17. The van der Waals surface area contributed by atoms with E-state index < -0.39 is 11.4 Å². The van der Waals surface area contributed by atoms with Crippen molar-refractivity contribution in [3.8, 4) is 5.75 Å². The van der Waals surface area contributed by atoms with Gasteiger partial charge in [-0.2, -0.15) is 4.21 Å². The molecule has 0 saturated carbocycles. The van der Waals surface area contributed by atoms with E-state index in [-0.39, 0.29) is 35.5 Å². The van der Waals surface area contributed by atoms with Crippen molar-refractivity contribution in [1.29, 1.82) is 0 Å². The van der Waals surface area contributed by atoms with Gasteiger partial charge < -0.3 is 35.1 Å². The number of likely N-dealkylation sites (tertiary alicyclic amines) is 1. The Morgan fingerprint density at radius 3 is 2.38 bits per heavy atom. The van der Waals surface area contributed by atoms with Crippen LogP contribution in [0.1, 0.15) is 51.0 Å². The third-order valence-corrected chi connectivity index (χ3v) is 7.13. The zero-order valence-corrected chi connectivity index (χ0v) is 28.6. The van der Waals surface area contributed by atoms with E-state index in [0.717, 1.165) is 5.56 Å². The summed E-state index contributed by atoms with van der Waals surface area (Å²) in [6.45, 7) is 8.58. The number of hydrogen-bond acceptors (Lipinski definition) is 10. The summed E-state index contributed by atoms with van der Waals surface area (Å²) >= 11 is 2.83. The highest BCUT2D eigenvalue weighted by Crippen LogP contribution is 2.36. The number of carbonyl (C=O) groups is 1. The number of aromatic amines is 1. The van der Waals surface area contributed by atoms with Crippen LogP contribution in [0.3, 0.4) is 0 Å². The first-order valence-electron chi connectivity index (χ1n) is 14.8. The first kappa shape index (κ1) is 38.7. The van der Waals surface area contributed by atoms with E-state index in [4.69, 9.17) is 13.7 Å². The van der Waals surface area contributed by atoms with Crippen molar-refractivity contribution in [1.82, 2.24) is 29.7 Å². The molecule has 0 unspecified atom stereocenters. The molecule has 1 aliphatic rings. The number of aromatic nitrogens is 4. The SMILES string of the molecule is CNC.COc1cc(C)cc(N(Cc2ncc[nH]2)c2ccc3ncn(C4CCN(C(=O)OC(C)(C)C)CC4)c(=O)c3c2)c1F.O.O=S. The summed E-state index contributed by atoms with van der Waals surface area (Å²) in [5.74, 6) is 0.252. The number of piperidine rings is 1. The Kier molecular flexibility index (Phi) is 14.4. The molecule has 2 aromatic heterocycles. The Bertz CT molecular complexity index is 1650. The average molecular weight is 674 g/mol. The Balaban J connectivity index is 0.00000121. The van der Waals surface area contributed by atoms with Crippen LogP contribution in [0.4, 0.5) is 20.6 Å². The fraction of sp³-hybridized carbons (Fsp3) is 0.438. The van der Waals surface area contributed by atoms with E-state index >= 15 is 4.39 Å². The highest BCUT2D eigenvalue weighted by atomic mass is 32.1. The molecular weight excluding hydrogens is 629 g/mol. The van der Waals surface area contributed by atoms with Crippen LogP contribution in [0.2, 0.25) is 0 Å². The Hall–Kier alpha value is -4.47. The van der Waals surface area contributed by atoms with Crippen LogP contribution in [-0.4, -0.2) is 80.1 Å². The molecule has 0 bridgehead atoms. The summed E-state index contributed by atoms with van der Waals surface area (Å²) in [5.41, 5.74) is 1.52. The van der Waals surface area contributed by atoms with E-state index in [9.17, 15) is 9.59 Å². The molecule has 3 heterocycles. The molecule has 256 valence electrons. The van der Waals surface area contributed by atoms with Crippen LogP contribution in [0, 0.1) is 12.7 Å². The van der Waals surface area contributed by atoms with Crippen LogP contribution < -0.4 is 20.5 Å². The molecule has 0 radical (unpaired) electrons. The second kappa shape index (κ2) is 17.4. The molecule has 5 rings (SSSR count). The van der Waals surface area contributed by atoms with Gasteiger partial charge in [-0.05, 0) is 90.5 Å². The minimum Gasteiger partial charge on any atom is -0.494 e.